The fourth-order valence-electron chi connectivity index (χ4n) is 3.27. The molecule has 1 saturated heterocycles. The summed E-state index contributed by atoms with van der Waals surface area (Å²) in [5, 5.41) is 5.69. The van der Waals surface area contributed by atoms with Crippen LogP contribution in [-0.2, 0) is 11.3 Å². The molecule has 2 aliphatic rings. The Morgan fingerprint density at radius 3 is 2.67 bits per heavy atom. The topological polar surface area (TPSA) is 79.9 Å². The molecule has 0 unspecified atom stereocenters. The molecule has 2 aliphatic heterocycles. The van der Waals surface area contributed by atoms with Crippen molar-refractivity contribution in [2.24, 2.45) is 0 Å². The largest absolute Gasteiger partial charge is 0.486 e. The fraction of sp³-hybridized carbons (Fsp3) is 0.300. The molecule has 1 atom stereocenters. The number of anilines is 1. The van der Waals surface area contributed by atoms with Crippen LogP contribution in [0.3, 0.4) is 0 Å². The Labute approximate surface area is 157 Å². The number of rotatable bonds is 4. The maximum Gasteiger partial charge on any atom is 0.315 e. The first kappa shape index (κ1) is 17.2. The normalized spacial score (nSPS) is 18.3. The van der Waals surface area contributed by atoms with Gasteiger partial charge >= 0.3 is 6.03 Å². The predicted octanol–water partition coefficient (Wildman–Crippen LogP) is 2.06. The summed E-state index contributed by atoms with van der Waals surface area (Å²) < 4.78 is 11.1. The summed E-state index contributed by atoms with van der Waals surface area (Å²) in [7, 11) is 0. The summed E-state index contributed by atoms with van der Waals surface area (Å²) in [6, 6.07) is 14.6. The molecule has 140 valence electrons. The molecule has 0 aromatic heterocycles. The van der Waals surface area contributed by atoms with Crippen LogP contribution >= 0.6 is 0 Å². The van der Waals surface area contributed by atoms with E-state index in [0.717, 1.165) is 11.3 Å². The lowest BCUT2D eigenvalue weighted by Gasteiger charge is -2.22. The molecule has 27 heavy (non-hydrogen) atoms. The average molecular weight is 367 g/mol. The zero-order valence-electron chi connectivity index (χ0n) is 14.8. The molecule has 0 aliphatic carbocycles. The molecule has 7 nitrogen and oxygen atoms in total. The van der Waals surface area contributed by atoms with Gasteiger partial charge in [-0.1, -0.05) is 30.3 Å². The van der Waals surface area contributed by atoms with Crippen molar-refractivity contribution in [2.75, 3.05) is 24.7 Å². The van der Waals surface area contributed by atoms with Crippen LogP contribution in [0.1, 0.15) is 12.0 Å². The first-order valence-corrected chi connectivity index (χ1v) is 8.97. The molecule has 3 amide bonds. The van der Waals surface area contributed by atoms with Crippen LogP contribution in [0.5, 0.6) is 11.5 Å². The minimum Gasteiger partial charge on any atom is -0.486 e. The third kappa shape index (κ3) is 3.97. The number of nitrogens with one attached hydrogen (secondary N) is 2. The van der Waals surface area contributed by atoms with E-state index in [4.69, 9.17) is 9.47 Å². The second kappa shape index (κ2) is 7.57. The zero-order valence-corrected chi connectivity index (χ0v) is 14.8. The SMILES string of the molecule is O=C(NCc1ccccc1)N[C@H]1CC(=O)N(c2ccc3c(c2)OCCO3)C1. The smallest absolute Gasteiger partial charge is 0.315 e. The van der Waals surface area contributed by atoms with Crippen LogP contribution in [0.15, 0.2) is 48.5 Å². The van der Waals surface area contributed by atoms with Gasteiger partial charge in [-0.2, -0.15) is 0 Å². The van der Waals surface area contributed by atoms with Gasteiger partial charge in [0.25, 0.3) is 0 Å². The molecule has 4 rings (SSSR count). The number of hydrogen-bond acceptors (Lipinski definition) is 4. The van der Waals surface area contributed by atoms with Gasteiger partial charge in [0.15, 0.2) is 11.5 Å². The van der Waals surface area contributed by atoms with E-state index in [0.29, 0.717) is 37.8 Å². The summed E-state index contributed by atoms with van der Waals surface area (Å²) in [4.78, 5) is 26.2. The van der Waals surface area contributed by atoms with Crippen LogP contribution in [0.4, 0.5) is 10.5 Å². The van der Waals surface area contributed by atoms with E-state index in [1.54, 1.807) is 4.90 Å². The van der Waals surface area contributed by atoms with Gasteiger partial charge in [-0.15, -0.1) is 0 Å². The molecule has 2 aromatic carbocycles. The Morgan fingerprint density at radius 2 is 1.85 bits per heavy atom. The standard InChI is InChI=1S/C20H21N3O4/c24-19-10-15(22-20(25)21-12-14-4-2-1-3-5-14)13-23(19)16-6-7-17-18(11-16)27-9-8-26-17/h1-7,11,15H,8-10,12-13H2,(H2,21,22,25)/t15-/m0/s1. The highest BCUT2D eigenvalue weighted by Crippen LogP contribution is 2.35. The Balaban J connectivity index is 1.34. The Morgan fingerprint density at radius 1 is 1.07 bits per heavy atom. The third-order valence-corrected chi connectivity index (χ3v) is 4.59. The van der Waals surface area contributed by atoms with Gasteiger partial charge in [-0.05, 0) is 17.7 Å². The molecule has 2 heterocycles. The summed E-state index contributed by atoms with van der Waals surface area (Å²) in [6.07, 6.45) is 0.271. The number of carbonyl (C=O) groups is 2. The van der Waals surface area contributed by atoms with Crippen molar-refractivity contribution in [3.63, 3.8) is 0 Å². The number of nitrogens with zero attached hydrogens (tertiary/aromatic N) is 1. The van der Waals surface area contributed by atoms with Crippen molar-refractivity contribution in [3.05, 3.63) is 54.1 Å². The average Bonchev–Trinajstić information content (AvgIpc) is 3.07. The van der Waals surface area contributed by atoms with Crippen LogP contribution in [-0.4, -0.2) is 37.7 Å². The molecule has 0 saturated carbocycles. The van der Waals surface area contributed by atoms with Crippen LogP contribution in [0.25, 0.3) is 0 Å². The molecule has 2 N–H and O–H groups in total. The Hall–Kier alpha value is -3.22. The lowest BCUT2D eigenvalue weighted by Crippen LogP contribution is -2.43. The lowest BCUT2D eigenvalue weighted by atomic mass is 10.2. The van der Waals surface area contributed by atoms with Gasteiger partial charge in [0.05, 0.1) is 6.04 Å². The molecule has 2 aromatic rings. The number of carbonyl (C=O) groups excluding carboxylic acids is 2. The van der Waals surface area contributed by atoms with Gasteiger partial charge in [-0.25, -0.2) is 4.79 Å². The van der Waals surface area contributed by atoms with Crippen molar-refractivity contribution < 1.29 is 19.1 Å². The first-order valence-electron chi connectivity index (χ1n) is 8.97. The number of fused-ring (bicyclic) bond motifs is 1. The van der Waals surface area contributed by atoms with Crippen molar-refractivity contribution in [3.8, 4) is 11.5 Å². The van der Waals surface area contributed by atoms with Crippen molar-refractivity contribution in [2.45, 2.75) is 19.0 Å². The van der Waals surface area contributed by atoms with Crippen molar-refractivity contribution in [1.29, 1.82) is 0 Å². The summed E-state index contributed by atoms with van der Waals surface area (Å²) >= 11 is 0. The number of urea groups is 1. The molecule has 7 heteroatoms. The molecule has 1 fully saturated rings. The predicted molar refractivity (Wildman–Crippen MR) is 100 cm³/mol. The summed E-state index contributed by atoms with van der Waals surface area (Å²) in [5.74, 6) is 1.30. The quantitative estimate of drug-likeness (QED) is 0.867. The minimum absolute atomic E-state index is 0.0277. The number of benzene rings is 2. The van der Waals surface area contributed by atoms with Gasteiger partial charge in [0.1, 0.15) is 13.2 Å². The molecular weight excluding hydrogens is 346 g/mol. The Kier molecular flexibility index (Phi) is 4.82. The molecular formula is C20H21N3O4. The summed E-state index contributed by atoms with van der Waals surface area (Å²) in [6.45, 7) is 1.89. The highest BCUT2D eigenvalue weighted by Gasteiger charge is 2.32. The second-order valence-corrected chi connectivity index (χ2v) is 6.55. The van der Waals surface area contributed by atoms with Crippen molar-refractivity contribution >= 4 is 17.6 Å². The first-order chi connectivity index (χ1) is 13.2. The van der Waals surface area contributed by atoms with E-state index in [-0.39, 0.29) is 24.4 Å². The van der Waals surface area contributed by atoms with Crippen LogP contribution < -0.4 is 25.0 Å². The Bertz CT molecular complexity index is 840. The monoisotopic (exact) mass is 367 g/mol. The summed E-state index contributed by atoms with van der Waals surface area (Å²) in [5.41, 5.74) is 1.77. The van der Waals surface area contributed by atoms with E-state index >= 15 is 0 Å². The highest BCUT2D eigenvalue weighted by atomic mass is 16.6. The van der Waals surface area contributed by atoms with E-state index < -0.39 is 0 Å². The maximum absolute atomic E-state index is 12.4. The number of ether oxygens (including phenoxy) is 2. The van der Waals surface area contributed by atoms with Gasteiger partial charge in [-0.3, -0.25) is 4.79 Å². The second-order valence-electron chi connectivity index (χ2n) is 6.55. The molecule has 0 spiro atoms. The third-order valence-electron chi connectivity index (χ3n) is 4.59. The molecule has 0 bridgehead atoms. The number of hydrogen-bond donors (Lipinski definition) is 2. The highest BCUT2D eigenvalue weighted by molar-refractivity contribution is 5.97. The van der Waals surface area contributed by atoms with Crippen molar-refractivity contribution in [1.82, 2.24) is 10.6 Å². The fourth-order valence-corrected chi connectivity index (χ4v) is 3.27. The van der Waals surface area contributed by atoms with E-state index in [2.05, 4.69) is 10.6 Å². The van der Waals surface area contributed by atoms with Gasteiger partial charge in [0, 0.05) is 31.3 Å². The maximum atomic E-state index is 12.4. The van der Waals surface area contributed by atoms with Crippen LogP contribution in [0.2, 0.25) is 0 Å². The number of amides is 3. The van der Waals surface area contributed by atoms with E-state index in [1.807, 2.05) is 48.5 Å². The molecule has 0 radical (unpaired) electrons. The van der Waals surface area contributed by atoms with Crippen LogP contribution in [0, 0.1) is 0 Å². The van der Waals surface area contributed by atoms with E-state index in [1.165, 1.54) is 0 Å². The van der Waals surface area contributed by atoms with Gasteiger partial charge in [0.2, 0.25) is 5.91 Å². The van der Waals surface area contributed by atoms with Gasteiger partial charge < -0.3 is 25.0 Å². The lowest BCUT2D eigenvalue weighted by molar-refractivity contribution is -0.117. The zero-order chi connectivity index (χ0) is 18.6. The van der Waals surface area contributed by atoms with E-state index in [9.17, 15) is 9.59 Å². The minimum atomic E-state index is -0.277.